The summed E-state index contributed by atoms with van der Waals surface area (Å²) >= 11 is 0. The van der Waals surface area contributed by atoms with Gasteiger partial charge in [0.2, 0.25) is 5.91 Å². The number of fused-ring (bicyclic) bond motifs is 3. The number of hydrogen-bond acceptors (Lipinski definition) is 3. The number of rotatable bonds is 3. The Morgan fingerprint density at radius 3 is 2.66 bits per heavy atom. The van der Waals surface area contributed by atoms with E-state index >= 15 is 0 Å². The number of nitrogens with one attached hydrogen (secondary N) is 1. The van der Waals surface area contributed by atoms with Crippen LogP contribution in [0, 0.1) is 11.7 Å². The second kappa shape index (κ2) is 6.84. The lowest BCUT2D eigenvalue weighted by molar-refractivity contribution is -0.120. The van der Waals surface area contributed by atoms with Crippen molar-refractivity contribution in [2.24, 2.45) is 5.92 Å². The molecule has 3 atom stereocenters. The number of hydrogen-bond donors (Lipinski definition) is 2. The second-order valence-corrected chi connectivity index (χ2v) is 7.97. The van der Waals surface area contributed by atoms with E-state index in [1.165, 1.54) is 18.2 Å². The predicted octanol–water partition coefficient (Wildman–Crippen LogP) is 2.94. The van der Waals surface area contributed by atoms with Gasteiger partial charge < -0.3 is 20.2 Å². The maximum absolute atomic E-state index is 13.5. The Labute approximate surface area is 167 Å². The third kappa shape index (κ3) is 2.97. The van der Waals surface area contributed by atoms with Crippen LogP contribution in [0.3, 0.4) is 0 Å². The Balaban J connectivity index is 1.44. The molecule has 5 rings (SSSR count). The normalized spacial score (nSPS) is 25.0. The van der Waals surface area contributed by atoms with Crippen LogP contribution < -0.4 is 10.2 Å². The van der Waals surface area contributed by atoms with Crippen molar-refractivity contribution in [3.8, 4) is 0 Å². The van der Waals surface area contributed by atoms with Crippen LogP contribution in [0.4, 0.5) is 20.6 Å². The highest BCUT2D eigenvalue weighted by molar-refractivity contribution is 5.99. The van der Waals surface area contributed by atoms with Crippen LogP contribution in [0.25, 0.3) is 0 Å². The van der Waals surface area contributed by atoms with Crippen molar-refractivity contribution in [2.45, 2.75) is 30.8 Å². The standard InChI is InChI=1S/C22H22FN3O3/c23-14-4-3-5-15(10-14)24-22(29)26-18-11-25(21(28)13-8-9-13)17-7-2-1-6-16(17)20(18)19(26)12-27/h1-7,10,13,18-20,27H,8-9,11-12H2,(H,24,29)/t18-,19+,20+/m0/s1. The number of urea groups is 1. The summed E-state index contributed by atoms with van der Waals surface area (Å²) < 4.78 is 13.5. The molecule has 29 heavy (non-hydrogen) atoms. The number of halogens is 1. The summed E-state index contributed by atoms with van der Waals surface area (Å²) in [6.45, 7) is 0.229. The van der Waals surface area contributed by atoms with Gasteiger partial charge in [-0.1, -0.05) is 24.3 Å². The molecule has 7 heteroatoms. The molecule has 0 radical (unpaired) electrons. The zero-order chi connectivity index (χ0) is 20.1. The van der Waals surface area contributed by atoms with Gasteiger partial charge in [0.25, 0.3) is 0 Å². The van der Waals surface area contributed by atoms with E-state index in [0.29, 0.717) is 12.2 Å². The van der Waals surface area contributed by atoms with E-state index in [9.17, 15) is 19.1 Å². The predicted molar refractivity (Wildman–Crippen MR) is 106 cm³/mol. The van der Waals surface area contributed by atoms with Gasteiger partial charge in [-0.25, -0.2) is 9.18 Å². The number of amides is 3. The fourth-order valence-corrected chi connectivity index (χ4v) is 4.68. The number of aliphatic hydroxyl groups excluding tert-OH is 1. The second-order valence-electron chi connectivity index (χ2n) is 7.97. The first-order valence-corrected chi connectivity index (χ1v) is 9.94. The molecule has 1 saturated carbocycles. The SMILES string of the molecule is O=C(C1CC1)N1C[C@H]2[C@@H](c3ccccc31)[C@@H](CO)N2C(=O)Nc1cccc(F)c1. The molecular weight excluding hydrogens is 373 g/mol. The zero-order valence-corrected chi connectivity index (χ0v) is 15.8. The van der Waals surface area contributed by atoms with E-state index < -0.39 is 11.8 Å². The highest BCUT2D eigenvalue weighted by atomic mass is 19.1. The molecule has 150 valence electrons. The molecular formula is C22H22FN3O3. The molecule has 2 aliphatic heterocycles. The lowest BCUT2D eigenvalue weighted by Crippen LogP contribution is -2.71. The minimum absolute atomic E-state index is 0.0299. The van der Waals surface area contributed by atoms with Crippen LogP contribution in [-0.2, 0) is 4.79 Å². The maximum Gasteiger partial charge on any atom is 0.322 e. The number of para-hydroxylation sites is 1. The Morgan fingerprint density at radius 2 is 1.93 bits per heavy atom. The first kappa shape index (κ1) is 18.1. The van der Waals surface area contributed by atoms with E-state index in [1.807, 2.05) is 24.3 Å². The lowest BCUT2D eigenvalue weighted by atomic mass is 9.72. The van der Waals surface area contributed by atoms with Crippen LogP contribution in [0.2, 0.25) is 0 Å². The lowest BCUT2D eigenvalue weighted by Gasteiger charge is -2.58. The van der Waals surface area contributed by atoms with Crippen LogP contribution in [0.5, 0.6) is 0 Å². The number of nitrogens with zero attached hydrogens (tertiary/aromatic N) is 2. The summed E-state index contributed by atoms with van der Waals surface area (Å²) in [5.74, 6) is -0.287. The number of carbonyl (C=O) groups is 2. The first-order valence-electron chi connectivity index (χ1n) is 9.94. The molecule has 0 bridgehead atoms. The van der Waals surface area contributed by atoms with Gasteiger partial charge in [0.15, 0.2) is 0 Å². The highest BCUT2D eigenvalue weighted by Gasteiger charge is 2.56. The Morgan fingerprint density at radius 1 is 1.14 bits per heavy atom. The Bertz CT molecular complexity index is 977. The van der Waals surface area contributed by atoms with Gasteiger partial charge in [0.1, 0.15) is 5.82 Å². The van der Waals surface area contributed by atoms with Crippen molar-refractivity contribution in [1.29, 1.82) is 0 Å². The van der Waals surface area contributed by atoms with Gasteiger partial charge in [0.05, 0.1) is 18.7 Å². The zero-order valence-electron chi connectivity index (χ0n) is 15.8. The van der Waals surface area contributed by atoms with E-state index in [0.717, 1.165) is 24.1 Å². The van der Waals surface area contributed by atoms with Gasteiger partial charge >= 0.3 is 6.03 Å². The third-order valence-electron chi connectivity index (χ3n) is 6.19. The molecule has 2 aromatic rings. The summed E-state index contributed by atoms with van der Waals surface area (Å²) in [7, 11) is 0. The Hall–Kier alpha value is -2.93. The number of likely N-dealkylation sites (tertiary alicyclic amines) is 1. The van der Waals surface area contributed by atoms with Crippen molar-refractivity contribution in [3.05, 3.63) is 59.9 Å². The molecule has 6 nitrogen and oxygen atoms in total. The van der Waals surface area contributed by atoms with Gasteiger partial charge in [-0.2, -0.15) is 0 Å². The van der Waals surface area contributed by atoms with E-state index in [1.54, 1.807) is 15.9 Å². The van der Waals surface area contributed by atoms with E-state index in [4.69, 9.17) is 0 Å². The van der Waals surface area contributed by atoms with Crippen LogP contribution in [0.1, 0.15) is 24.3 Å². The maximum atomic E-state index is 13.5. The minimum atomic E-state index is -0.434. The average Bonchev–Trinajstić information content (AvgIpc) is 3.53. The largest absolute Gasteiger partial charge is 0.394 e. The van der Waals surface area contributed by atoms with Gasteiger partial charge in [-0.3, -0.25) is 4.79 Å². The number of benzene rings is 2. The molecule has 0 aromatic heterocycles. The van der Waals surface area contributed by atoms with Gasteiger partial charge in [-0.05, 0) is 42.7 Å². The molecule has 3 amide bonds. The van der Waals surface area contributed by atoms with Crippen molar-refractivity contribution in [1.82, 2.24) is 4.90 Å². The minimum Gasteiger partial charge on any atom is -0.394 e. The fraction of sp³-hybridized carbons (Fsp3) is 0.364. The van der Waals surface area contributed by atoms with Crippen LogP contribution in [-0.4, -0.2) is 47.2 Å². The van der Waals surface area contributed by atoms with Gasteiger partial charge in [0, 0.05) is 29.8 Å². The van der Waals surface area contributed by atoms with Crippen molar-refractivity contribution < 1.29 is 19.1 Å². The number of carbonyl (C=O) groups excluding carboxylic acids is 2. The number of anilines is 2. The summed E-state index contributed by atoms with van der Waals surface area (Å²) in [4.78, 5) is 29.2. The van der Waals surface area contributed by atoms with Crippen molar-refractivity contribution >= 4 is 23.3 Å². The van der Waals surface area contributed by atoms with E-state index in [-0.39, 0.29) is 36.4 Å². The summed E-state index contributed by atoms with van der Waals surface area (Å²) in [6, 6.07) is 12.5. The summed E-state index contributed by atoms with van der Waals surface area (Å²) in [5, 5.41) is 12.7. The van der Waals surface area contributed by atoms with E-state index in [2.05, 4.69) is 5.32 Å². The molecule has 2 N–H and O–H groups in total. The van der Waals surface area contributed by atoms with Crippen LogP contribution in [0.15, 0.2) is 48.5 Å². The average molecular weight is 395 g/mol. The van der Waals surface area contributed by atoms with Crippen molar-refractivity contribution in [2.75, 3.05) is 23.4 Å². The van der Waals surface area contributed by atoms with Gasteiger partial charge in [-0.15, -0.1) is 0 Å². The van der Waals surface area contributed by atoms with Crippen molar-refractivity contribution in [3.63, 3.8) is 0 Å². The summed E-state index contributed by atoms with van der Waals surface area (Å²) in [6.07, 6.45) is 1.82. The molecule has 3 aliphatic rings. The quantitative estimate of drug-likeness (QED) is 0.839. The third-order valence-corrected chi connectivity index (χ3v) is 6.19. The number of aliphatic hydroxyl groups is 1. The smallest absolute Gasteiger partial charge is 0.322 e. The monoisotopic (exact) mass is 395 g/mol. The molecule has 1 aliphatic carbocycles. The fourth-order valence-electron chi connectivity index (χ4n) is 4.68. The van der Waals surface area contributed by atoms with Crippen LogP contribution >= 0.6 is 0 Å². The molecule has 0 unspecified atom stereocenters. The highest BCUT2D eigenvalue weighted by Crippen LogP contribution is 2.49. The molecule has 2 aromatic carbocycles. The first-order chi connectivity index (χ1) is 14.1. The topological polar surface area (TPSA) is 72.9 Å². The Kier molecular flexibility index (Phi) is 4.28. The molecule has 1 saturated heterocycles. The summed E-state index contributed by atoms with van der Waals surface area (Å²) in [5.41, 5.74) is 2.23. The molecule has 2 fully saturated rings. The molecule has 2 heterocycles. The molecule has 0 spiro atoms.